The largest absolute Gasteiger partial charge is 0.317 e. The number of rotatable bonds is 4. The summed E-state index contributed by atoms with van der Waals surface area (Å²) in [7, 11) is 0. The fraction of sp³-hybridized carbons (Fsp3) is 0.600. The summed E-state index contributed by atoms with van der Waals surface area (Å²) < 4.78 is 0. The molecule has 0 saturated carbocycles. The predicted octanol–water partition coefficient (Wildman–Crippen LogP) is 2.52. The molecule has 1 fully saturated rings. The van der Waals surface area contributed by atoms with Crippen LogP contribution in [0.2, 0.25) is 0 Å². The zero-order valence-corrected chi connectivity index (χ0v) is 10.8. The van der Waals surface area contributed by atoms with Crippen LogP contribution in [0, 0.1) is 0 Å². The van der Waals surface area contributed by atoms with Crippen LogP contribution in [0.25, 0.3) is 0 Å². The number of hydrogen-bond acceptors (Lipinski definition) is 2. The van der Waals surface area contributed by atoms with E-state index in [0.717, 1.165) is 13.1 Å². The highest BCUT2D eigenvalue weighted by Crippen LogP contribution is 2.14. The quantitative estimate of drug-likeness (QED) is 0.833. The van der Waals surface area contributed by atoms with Crippen LogP contribution in [-0.2, 0) is 0 Å². The van der Waals surface area contributed by atoms with E-state index >= 15 is 0 Å². The number of hydrogen-bond donors (Lipinski definition) is 2. The molecule has 1 heterocycles. The fourth-order valence-corrected chi connectivity index (χ4v) is 2.47. The minimum absolute atomic E-state index is 0.604. The topological polar surface area (TPSA) is 24.1 Å². The van der Waals surface area contributed by atoms with Gasteiger partial charge in [-0.1, -0.05) is 37.3 Å². The van der Waals surface area contributed by atoms with Crippen molar-refractivity contribution in [3.63, 3.8) is 0 Å². The van der Waals surface area contributed by atoms with Crippen molar-refractivity contribution in [3.8, 4) is 0 Å². The standard InChI is InChI=1S/C15H24N2/c1-13(14-6-3-2-4-7-14)12-17-15-8-5-10-16-11-9-15/h2-4,6-7,13,15-17H,5,8-12H2,1H3. The maximum absolute atomic E-state index is 3.72. The summed E-state index contributed by atoms with van der Waals surface area (Å²) in [4.78, 5) is 0. The van der Waals surface area contributed by atoms with Crippen LogP contribution in [0.4, 0.5) is 0 Å². The van der Waals surface area contributed by atoms with E-state index in [1.165, 1.54) is 31.4 Å². The molecule has 1 aromatic carbocycles. The zero-order valence-electron chi connectivity index (χ0n) is 10.8. The van der Waals surface area contributed by atoms with Crippen LogP contribution < -0.4 is 10.6 Å². The molecule has 2 rings (SSSR count). The summed E-state index contributed by atoms with van der Waals surface area (Å²) in [5.41, 5.74) is 1.44. The van der Waals surface area contributed by atoms with Gasteiger partial charge in [0.2, 0.25) is 0 Å². The summed E-state index contributed by atoms with van der Waals surface area (Å²) in [6.45, 7) is 5.75. The molecule has 1 aromatic rings. The van der Waals surface area contributed by atoms with Crippen LogP contribution in [0.3, 0.4) is 0 Å². The van der Waals surface area contributed by atoms with Crippen molar-refractivity contribution in [3.05, 3.63) is 35.9 Å². The Hall–Kier alpha value is -0.860. The molecule has 17 heavy (non-hydrogen) atoms. The first kappa shape index (κ1) is 12.6. The Morgan fingerprint density at radius 3 is 2.88 bits per heavy atom. The van der Waals surface area contributed by atoms with Gasteiger partial charge in [0.05, 0.1) is 0 Å². The van der Waals surface area contributed by atoms with E-state index in [9.17, 15) is 0 Å². The molecule has 94 valence electrons. The Morgan fingerprint density at radius 2 is 2.06 bits per heavy atom. The highest BCUT2D eigenvalue weighted by atomic mass is 14.9. The Bertz CT molecular complexity index is 302. The molecule has 2 N–H and O–H groups in total. The number of nitrogens with one attached hydrogen (secondary N) is 2. The second kappa shape index (κ2) is 6.77. The second-order valence-corrected chi connectivity index (χ2v) is 5.10. The third-order valence-corrected chi connectivity index (χ3v) is 3.66. The summed E-state index contributed by atoms with van der Waals surface area (Å²) >= 11 is 0. The second-order valence-electron chi connectivity index (χ2n) is 5.10. The minimum Gasteiger partial charge on any atom is -0.317 e. The molecule has 1 saturated heterocycles. The molecular formula is C15H24N2. The molecule has 1 aliphatic heterocycles. The molecule has 0 aliphatic carbocycles. The van der Waals surface area contributed by atoms with Gasteiger partial charge >= 0.3 is 0 Å². The van der Waals surface area contributed by atoms with Gasteiger partial charge in [0.15, 0.2) is 0 Å². The normalized spacial score (nSPS) is 23.0. The molecule has 2 unspecified atom stereocenters. The first-order chi connectivity index (χ1) is 8.36. The Labute approximate surface area is 105 Å². The van der Waals surface area contributed by atoms with Crippen molar-refractivity contribution in [1.82, 2.24) is 10.6 Å². The molecule has 1 aliphatic rings. The first-order valence-electron chi connectivity index (χ1n) is 6.85. The molecule has 2 atom stereocenters. The van der Waals surface area contributed by atoms with Crippen molar-refractivity contribution in [2.75, 3.05) is 19.6 Å². The van der Waals surface area contributed by atoms with Crippen LogP contribution >= 0.6 is 0 Å². The van der Waals surface area contributed by atoms with Crippen LogP contribution in [0.5, 0.6) is 0 Å². The average Bonchev–Trinajstić information content (AvgIpc) is 2.65. The fourth-order valence-electron chi connectivity index (χ4n) is 2.47. The molecule has 0 amide bonds. The van der Waals surface area contributed by atoms with Gasteiger partial charge in [-0.2, -0.15) is 0 Å². The average molecular weight is 232 g/mol. The molecule has 0 spiro atoms. The van der Waals surface area contributed by atoms with Gasteiger partial charge in [-0.3, -0.25) is 0 Å². The lowest BCUT2D eigenvalue weighted by molar-refractivity contribution is 0.454. The molecule has 0 radical (unpaired) electrons. The van der Waals surface area contributed by atoms with E-state index in [-0.39, 0.29) is 0 Å². The maximum atomic E-state index is 3.72. The van der Waals surface area contributed by atoms with Crippen LogP contribution in [0.15, 0.2) is 30.3 Å². The Balaban J connectivity index is 1.77. The lowest BCUT2D eigenvalue weighted by atomic mass is 10.0. The first-order valence-corrected chi connectivity index (χ1v) is 6.85. The summed E-state index contributed by atoms with van der Waals surface area (Å²) in [5.74, 6) is 0.604. The van der Waals surface area contributed by atoms with Gasteiger partial charge < -0.3 is 10.6 Å². The summed E-state index contributed by atoms with van der Waals surface area (Å²) in [5, 5.41) is 7.18. The highest BCUT2D eigenvalue weighted by molar-refractivity contribution is 5.18. The van der Waals surface area contributed by atoms with Crippen molar-refractivity contribution in [2.24, 2.45) is 0 Å². The summed E-state index contributed by atoms with van der Waals surface area (Å²) in [6, 6.07) is 11.5. The predicted molar refractivity (Wildman–Crippen MR) is 73.4 cm³/mol. The third-order valence-electron chi connectivity index (χ3n) is 3.66. The molecule has 0 bridgehead atoms. The van der Waals surface area contributed by atoms with Crippen molar-refractivity contribution < 1.29 is 0 Å². The van der Waals surface area contributed by atoms with E-state index in [0.29, 0.717) is 12.0 Å². The molecular weight excluding hydrogens is 208 g/mol. The van der Waals surface area contributed by atoms with Gasteiger partial charge in [-0.15, -0.1) is 0 Å². The smallest absolute Gasteiger partial charge is 0.00798 e. The van der Waals surface area contributed by atoms with Crippen LogP contribution in [-0.4, -0.2) is 25.7 Å². The van der Waals surface area contributed by atoms with Gasteiger partial charge in [0.25, 0.3) is 0 Å². The van der Waals surface area contributed by atoms with E-state index < -0.39 is 0 Å². The lowest BCUT2D eigenvalue weighted by Gasteiger charge is -2.19. The van der Waals surface area contributed by atoms with Crippen molar-refractivity contribution >= 4 is 0 Å². The zero-order chi connectivity index (χ0) is 11.9. The van der Waals surface area contributed by atoms with Crippen molar-refractivity contribution in [2.45, 2.75) is 38.1 Å². The highest BCUT2D eigenvalue weighted by Gasteiger charge is 2.12. The summed E-state index contributed by atoms with van der Waals surface area (Å²) in [6.07, 6.45) is 3.88. The maximum Gasteiger partial charge on any atom is 0.00798 e. The van der Waals surface area contributed by atoms with Crippen LogP contribution in [0.1, 0.15) is 37.7 Å². The van der Waals surface area contributed by atoms with Gasteiger partial charge in [0.1, 0.15) is 0 Å². The van der Waals surface area contributed by atoms with Gasteiger partial charge in [0, 0.05) is 12.6 Å². The molecule has 2 nitrogen and oxygen atoms in total. The Morgan fingerprint density at radius 1 is 1.24 bits per heavy atom. The Kier molecular flexibility index (Phi) is 5.02. The minimum atomic E-state index is 0.604. The van der Waals surface area contributed by atoms with E-state index in [4.69, 9.17) is 0 Å². The van der Waals surface area contributed by atoms with Gasteiger partial charge in [-0.05, 0) is 43.8 Å². The molecule has 0 aromatic heterocycles. The van der Waals surface area contributed by atoms with E-state index in [1.54, 1.807) is 0 Å². The molecule has 2 heteroatoms. The SMILES string of the molecule is CC(CNC1CCCNCC1)c1ccccc1. The van der Waals surface area contributed by atoms with Gasteiger partial charge in [-0.25, -0.2) is 0 Å². The van der Waals surface area contributed by atoms with Crippen molar-refractivity contribution in [1.29, 1.82) is 0 Å². The lowest BCUT2D eigenvalue weighted by Crippen LogP contribution is -2.32. The van der Waals surface area contributed by atoms with E-state index in [1.807, 2.05) is 0 Å². The van der Waals surface area contributed by atoms with E-state index in [2.05, 4.69) is 47.9 Å². The monoisotopic (exact) mass is 232 g/mol. The third kappa shape index (κ3) is 4.14. The number of benzene rings is 1.